The number of amides is 2. The van der Waals surface area contributed by atoms with Crippen molar-refractivity contribution in [2.75, 3.05) is 11.4 Å². The Balaban J connectivity index is 1.67. The lowest BCUT2D eigenvalue weighted by Gasteiger charge is -2.17. The number of hydrogen-bond donors (Lipinski definition) is 1. The number of para-hydroxylation sites is 1. The van der Waals surface area contributed by atoms with Gasteiger partial charge in [0, 0.05) is 31.0 Å². The second-order valence-corrected chi connectivity index (χ2v) is 4.81. The van der Waals surface area contributed by atoms with Gasteiger partial charge >= 0.3 is 0 Å². The molecular weight excluding hydrogens is 268 g/mol. The Hall–Kier alpha value is -2.76. The third-order valence-electron chi connectivity index (χ3n) is 3.32. The van der Waals surface area contributed by atoms with Gasteiger partial charge in [0.2, 0.25) is 5.91 Å². The third-order valence-corrected chi connectivity index (χ3v) is 3.32. The summed E-state index contributed by atoms with van der Waals surface area (Å²) in [6.45, 7) is 0.467. The van der Waals surface area contributed by atoms with Crippen LogP contribution < -0.4 is 10.2 Å². The predicted molar refractivity (Wildman–Crippen MR) is 76.7 cm³/mol. The van der Waals surface area contributed by atoms with Crippen molar-refractivity contribution in [2.24, 2.45) is 0 Å². The second kappa shape index (κ2) is 5.70. The molecule has 6 nitrogen and oxygen atoms in total. The van der Waals surface area contributed by atoms with E-state index in [2.05, 4.69) is 15.3 Å². The van der Waals surface area contributed by atoms with Gasteiger partial charge in [-0.3, -0.25) is 14.6 Å². The van der Waals surface area contributed by atoms with Gasteiger partial charge in [-0.25, -0.2) is 4.98 Å². The molecule has 1 atom stereocenters. The molecule has 0 saturated carbocycles. The van der Waals surface area contributed by atoms with Crippen LogP contribution in [0.1, 0.15) is 16.9 Å². The number of benzene rings is 1. The van der Waals surface area contributed by atoms with E-state index >= 15 is 0 Å². The molecule has 1 fully saturated rings. The lowest BCUT2D eigenvalue weighted by atomic mass is 10.2. The van der Waals surface area contributed by atoms with E-state index in [1.165, 1.54) is 18.6 Å². The number of carbonyl (C=O) groups excluding carboxylic acids is 2. The van der Waals surface area contributed by atoms with Crippen LogP contribution in [0.25, 0.3) is 0 Å². The van der Waals surface area contributed by atoms with E-state index < -0.39 is 0 Å². The monoisotopic (exact) mass is 282 g/mol. The Kier molecular flexibility index (Phi) is 3.59. The van der Waals surface area contributed by atoms with Crippen LogP contribution in [0.2, 0.25) is 0 Å². The van der Waals surface area contributed by atoms with E-state index in [0.29, 0.717) is 13.0 Å². The maximum absolute atomic E-state index is 12.0. The van der Waals surface area contributed by atoms with Crippen molar-refractivity contribution in [3.05, 3.63) is 54.6 Å². The molecule has 0 aliphatic carbocycles. The average Bonchev–Trinajstić information content (AvgIpc) is 2.89. The Morgan fingerprint density at radius 3 is 2.76 bits per heavy atom. The van der Waals surface area contributed by atoms with Crippen molar-refractivity contribution in [1.82, 2.24) is 15.3 Å². The summed E-state index contributed by atoms with van der Waals surface area (Å²) in [6, 6.07) is 9.21. The normalized spacial score (nSPS) is 17.8. The van der Waals surface area contributed by atoms with Crippen molar-refractivity contribution in [2.45, 2.75) is 12.5 Å². The number of carbonyl (C=O) groups is 2. The number of nitrogens with zero attached hydrogens (tertiary/aromatic N) is 3. The van der Waals surface area contributed by atoms with Crippen LogP contribution in [-0.4, -0.2) is 34.4 Å². The standard InChI is InChI=1S/C15H14N4O2/c20-14-8-11(10-19(14)12-4-2-1-3-5-12)18-15(21)13-9-16-6-7-17-13/h1-7,9,11H,8,10H2,(H,18,21). The highest BCUT2D eigenvalue weighted by atomic mass is 16.2. The molecule has 6 heteroatoms. The Bertz CT molecular complexity index is 645. The fourth-order valence-corrected chi connectivity index (χ4v) is 2.34. The van der Waals surface area contributed by atoms with Gasteiger partial charge in [-0.05, 0) is 12.1 Å². The van der Waals surface area contributed by atoms with Crippen LogP contribution in [0.3, 0.4) is 0 Å². The third kappa shape index (κ3) is 2.89. The van der Waals surface area contributed by atoms with E-state index in [-0.39, 0.29) is 23.6 Å². The number of hydrogen-bond acceptors (Lipinski definition) is 4. The number of aromatic nitrogens is 2. The molecule has 0 radical (unpaired) electrons. The first-order valence-electron chi connectivity index (χ1n) is 6.66. The van der Waals surface area contributed by atoms with E-state index in [4.69, 9.17) is 0 Å². The fraction of sp³-hybridized carbons (Fsp3) is 0.200. The molecule has 3 rings (SSSR count). The zero-order valence-corrected chi connectivity index (χ0v) is 11.3. The first-order chi connectivity index (χ1) is 10.2. The van der Waals surface area contributed by atoms with Gasteiger partial charge in [-0.15, -0.1) is 0 Å². The SMILES string of the molecule is O=C(NC1CC(=O)N(c2ccccc2)C1)c1cnccn1. The molecule has 1 saturated heterocycles. The predicted octanol–water partition coefficient (Wildman–Crippen LogP) is 1.01. The van der Waals surface area contributed by atoms with Gasteiger partial charge in [0.05, 0.1) is 12.2 Å². The minimum atomic E-state index is -0.309. The topological polar surface area (TPSA) is 75.2 Å². The van der Waals surface area contributed by atoms with Gasteiger partial charge in [0.1, 0.15) is 5.69 Å². The van der Waals surface area contributed by atoms with Crippen LogP contribution in [0.15, 0.2) is 48.9 Å². The summed E-state index contributed by atoms with van der Waals surface area (Å²) in [5.41, 5.74) is 1.10. The first-order valence-corrected chi connectivity index (χ1v) is 6.66. The molecule has 1 N–H and O–H groups in total. The maximum Gasteiger partial charge on any atom is 0.271 e. The first kappa shape index (κ1) is 13.2. The van der Waals surface area contributed by atoms with E-state index in [1.807, 2.05) is 30.3 Å². The van der Waals surface area contributed by atoms with Gasteiger partial charge in [-0.1, -0.05) is 18.2 Å². The molecule has 0 spiro atoms. The molecule has 106 valence electrons. The zero-order valence-electron chi connectivity index (χ0n) is 11.3. The summed E-state index contributed by atoms with van der Waals surface area (Å²) < 4.78 is 0. The summed E-state index contributed by atoms with van der Waals surface area (Å²) in [4.78, 5) is 33.5. The van der Waals surface area contributed by atoms with Crippen molar-refractivity contribution in [1.29, 1.82) is 0 Å². The van der Waals surface area contributed by atoms with Crippen molar-refractivity contribution in [3.8, 4) is 0 Å². The number of anilines is 1. The molecular formula is C15H14N4O2. The van der Waals surface area contributed by atoms with Gasteiger partial charge < -0.3 is 10.2 Å². The number of nitrogens with one attached hydrogen (secondary N) is 1. The summed E-state index contributed by atoms with van der Waals surface area (Å²) >= 11 is 0. The summed E-state index contributed by atoms with van der Waals surface area (Å²) in [5.74, 6) is -0.304. The zero-order chi connectivity index (χ0) is 14.7. The molecule has 2 aromatic rings. The molecule has 1 aromatic carbocycles. The summed E-state index contributed by atoms with van der Waals surface area (Å²) in [5, 5.41) is 2.82. The van der Waals surface area contributed by atoms with Crippen molar-refractivity contribution >= 4 is 17.5 Å². The van der Waals surface area contributed by atoms with Gasteiger partial charge in [0.15, 0.2) is 0 Å². The molecule has 21 heavy (non-hydrogen) atoms. The van der Waals surface area contributed by atoms with Crippen molar-refractivity contribution < 1.29 is 9.59 Å². The van der Waals surface area contributed by atoms with E-state index in [1.54, 1.807) is 4.90 Å². The van der Waals surface area contributed by atoms with Crippen LogP contribution in [-0.2, 0) is 4.79 Å². The highest BCUT2D eigenvalue weighted by Crippen LogP contribution is 2.21. The minimum Gasteiger partial charge on any atom is -0.346 e. The van der Waals surface area contributed by atoms with Crippen LogP contribution >= 0.6 is 0 Å². The Morgan fingerprint density at radius 2 is 2.05 bits per heavy atom. The summed E-state index contributed by atoms with van der Waals surface area (Å²) in [6.07, 6.45) is 4.67. The van der Waals surface area contributed by atoms with Gasteiger partial charge in [0.25, 0.3) is 5.91 Å². The molecule has 2 amide bonds. The Morgan fingerprint density at radius 1 is 1.24 bits per heavy atom. The van der Waals surface area contributed by atoms with Crippen molar-refractivity contribution in [3.63, 3.8) is 0 Å². The quantitative estimate of drug-likeness (QED) is 0.911. The largest absolute Gasteiger partial charge is 0.346 e. The minimum absolute atomic E-state index is 0.00523. The molecule has 1 aliphatic heterocycles. The molecule has 1 aliphatic rings. The maximum atomic E-state index is 12.0. The highest BCUT2D eigenvalue weighted by Gasteiger charge is 2.31. The molecule has 1 unspecified atom stereocenters. The Labute approximate surface area is 121 Å². The second-order valence-electron chi connectivity index (χ2n) is 4.81. The van der Waals surface area contributed by atoms with Crippen LogP contribution in [0, 0.1) is 0 Å². The highest BCUT2D eigenvalue weighted by molar-refractivity contribution is 5.98. The lowest BCUT2D eigenvalue weighted by molar-refractivity contribution is -0.117. The van der Waals surface area contributed by atoms with E-state index in [9.17, 15) is 9.59 Å². The van der Waals surface area contributed by atoms with Crippen LogP contribution in [0.4, 0.5) is 5.69 Å². The van der Waals surface area contributed by atoms with Gasteiger partial charge in [-0.2, -0.15) is 0 Å². The molecule has 0 bridgehead atoms. The average molecular weight is 282 g/mol. The molecule has 2 heterocycles. The lowest BCUT2D eigenvalue weighted by Crippen LogP contribution is -2.37. The number of rotatable bonds is 3. The smallest absolute Gasteiger partial charge is 0.271 e. The summed E-state index contributed by atoms with van der Waals surface area (Å²) in [7, 11) is 0. The fourth-order valence-electron chi connectivity index (χ4n) is 2.34. The van der Waals surface area contributed by atoms with Crippen LogP contribution in [0.5, 0.6) is 0 Å². The molecule has 1 aromatic heterocycles. The van der Waals surface area contributed by atoms with E-state index in [0.717, 1.165) is 5.69 Å².